The van der Waals surface area contributed by atoms with Gasteiger partial charge in [0.2, 0.25) is 0 Å². The second-order valence-corrected chi connectivity index (χ2v) is 11.3. The molecule has 2 aliphatic carbocycles. The molecular formula is C40H26. The second kappa shape index (κ2) is 8.28. The van der Waals surface area contributed by atoms with Crippen molar-refractivity contribution in [2.45, 2.75) is 12.8 Å². The molecule has 0 fully saturated rings. The predicted octanol–water partition coefficient (Wildman–Crippen LogP) is 10.5. The van der Waals surface area contributed by atoms with Crippen LogP contribution in [0.25, 0.3) is 66.1 Å². The fraction of sp³-hybridized carbons (Fsp3) is 0.0500. The lowest BCUT2D eigenvalue weighted by Crippen LogP contribution is -1.92. The maximum absolute atomic E-state index is 2.44. The van der Waals surface area contributed by atoms with Crippen LogP contribution in [0.15, 0.2) is 133 Å². The highest BCUT2D eigenvalue weighted by molar-refractivity contribution is 6.21. The van der Waals surface area contributed by atoms with Gasteiger partial charge in [-0.05, 0) is 101 Å². The Morgan fingerprint density at radius 1 is 0.300 bits per heavy atom. The Kier molecular flexibility index (Phi) is 4.54. The van der Waals surface area contributed by atoms with Crippen molar-refractivity contribution in [3.05, 3.63) is 156 Å². The quantitative estimate of drug-likeness (QED) is 0.205. The van der Waals surface area contributed by atoms with E-state index in [1.165, 1.54) is 88.3 Å². The molecule has 7 aromatic carbocycles. The third kappa shape index (κ3) is 3.08. The molecular weight excluding hydrogens is 480 g/mol. The maximum Gasteiger partial charge on any atom is -0.00132 e. The predicted molar refractivity (Wildman–Crippen MR) is 169 cm³/mol. The van der Waals surface area contributed by atoms with E-state index in [-0.39, 0.29) is 0 Å². The van der Waals surface area contributed by atoms with Crippen LogP contribution in [0, 0.1) is 0 Å². The van der Waals surface area contributed by atoms with Crippen LogP contribution in [0.2, 0.25) is 0 Å². The molecule has 0 bridgehead atoms. The van der Waals surface area contributed by atoms with Crippen LogP contribution in [0.4, 0.5) is 0 Å². The van der Waals surface area contributed by atoms with Crippen LogP contribution in [-0.4, -0.2) is 0 Å². The fourth-order valence-corrected chi connectivity index (χ4v) is 7.35. The van der Waals surface area contributed by atoms with Crippen molar-refractivity contribution in [1.29, 1.82) is 0 Å². The molecule has 0 nitrogen and oxygen atoms in total. The molecule has 0 saturated heterocycles. The van der Waals surface area contributed by atoms with Crippen LogP contribution in [0.5, 0.6) is 0 Å². The van der Waals surface area contributed by atoms with Crippen molar-refractivity contribution >= 4 is 21.5 Å². The summed E-state index contributed by atoms with van der Waals surface area (Å²) in [6.07, 6.45) is 2.01. The van der Waals surface area contributed by atoms with E-state index in [9.17, 15) is 0 Å². The number of rotatable bonds is 2. The van der Waals surface area contributed by atoms with Gasteiger partial charge < -0.3 is 0 Å². The van der Waals surface area contributed by atoms with Gasteiger partial charge in [0.05, 0.1) is 0 Å². The van der Waals surface area contributed by atoms with Gasteiger partial charge in [0, 0.05) is 0 Å². The zero-order chi connectivity index (χ0) is 26.2. The molecule has 0 heterocycles. The molecule has 0 aliphatic heterocycles. The highest BCUT2D eigenvalue weighted by Crippen LogP contribution is 2.47. The molecule has 2 aliphatic rings. The maximum atomic E-state index is 2.44. The van der Waals surface area contributed by atoms with E-state index in [1.54, 1.807) is 0 Å². The molecule has 0 radical (unpaired) electrons. The van der Waals surface area contributed by atoms with E-state index in [4.69, 9.17) is 0 Å². The summed E-state index contributed by atoms with van der Waals surface area (Å²) in [5, 5.41) is 5.26. The largest absolute Gasteiger partial charge is 0.0619 e. The normalized spacial score (nSPS) is 12.8. The summed E-state index contributed by atoms with van der Waals surface area (Å²) in [7, 11) is 0. The molecule has 0 N–H and O–H groups in total. The standard InChI is InChI=1S/C40H26/c1-3-11-31-25(9-1)21-29-23-27(17-19-33(29)31)39-35-13-5-7-15-37(35)40(38-16-8-6-14-36(38)39)28-18-20-34-30(24-28)22-26-10-2-4-12-32(26)34/h1-20,23-24H,21-22H2. The van der Waals surface area contributed by atoms with Gasteiger partial charge >= 0.3 is 0 Å². The van der Waals surface area contributed by atoms with E-state index < -0.39 is 0 Å². The number of hydrogen-bond acceptors (Lipinski definition) is 0. The molecule has 40 heavy (non-hydrogen) atoms. The minimum atomic E-state index is 1.00. The van der Waals surface area contributed by atoms with Gasteiger partial charge in [0.1, 0.15) is 0 Å². The Hall–Kier alpha value is -4.94. The minimum absolute atomic E-state index is 1.00. The van der Waals surface area contributed by atoms with Crippen LogP contribution in [0.3, 0.4) is 0 Å². The molecule has 0 aromatic heterocycles. The van der Waals surface area contributed by atoms with Gasteiger partial charge in [0.25, 0.3) is 0 Å². The van der Waals surface area contributed by atoms with Crippen LogP contribution >= 0.6 is 0 Å². The molecule has 186 valence electrons. The van der Waals surface area contributed by atoms with Gasteiger partial charge in [-0.25, -0.2) is 0 Å². The van der Waals surface area contributed by atoms with E-state index in [2.05, 4.69) is 133 Å². The first-order chi connectivity index (χ1) is 19.8. The van der Waals surface area contributed by atoms with E-state index in [1.807, 2.05) is 0 Å². The lowest BCUT2D eigenvalue weighted by Gasteiger charge is -2.18. The molecule has 7 aromatic rings. The fourth-order valence-electron chi connectivity index (χ4n) is 7.35. The smallest absolute Gasteiger partial charge is 0.00132 e. The first-order valence-corrected chi connectivity index (χ1v) is 14.2. The van der Waals surface area contributed by atoms with E-state index in [0.29, 0.717) is 0 Å². The lowest BCUT2D eigenvalue weighted by molar-refractivity contribution is 1.26. The third-order valence-corrected chi connectivity index (χ3v) is 9.10. The zero-order valence-corrected chi connectivity index (χ0v) is 22.1. The summed E-state index contributed by atoms with van der Waals surface area (Å²) < 4.78 is 0. The molecule has 0 spiro atoms. The third-order valence-electron chi connectivity index (χ3n) is 9.10. The van der Waals surface area contributed by atoms with E-state index in [0.717, 1.165) is 12.8 Å². The molecule has 0 atom stereocenters. The average Bonchev–Trinajstić information content (AvgIpc) is 3.57. The van der Waals surface area contributed by atoms with Crippen LogP contribution in [-0.2, 0) is 12.8 Å². The molecule has 0 heteroatoms. The van der Waals surface area contributed by atoms with Gasteiger partial charge in [-0.15, -0.1) is 0 Å². The highest BCUT2D eigenvalue weighted by Gasteiger charge is 2.23. The molecule has 0 amide bonds. The molecule has 0 unspecified atom stereocenters. The van der Waals surface area contributed by atoms with Crippen molar-refractivity contribution in [1.82, 2.24) is 0 Å². The van der Waals surface area contributed by atoms with Gasteiger partial charge in [-0.1, -0.05) is 133 Å². The summed E-state index contributed by atoms with van der Waals surface area (Å²) in [5.41, 5.74) is 16.5. The van der Waals surface area contributed by atoms with Crippen molar-refractivity contribution < 1.29 is 0 Å². The number of hydrogen-bond donors (Lipinski definition) is 0. The first-order valence-electron chi connectivity index (χ1n) is 14.2. The molecule has 0 saturated carbocycles. The summed E-state index contributed by atoms with van der Waals surface area (Å²) in [5.74, 6) is 0. The van der Waals surface area contributed by atoms with Gasteiger partial charge in [-0.2, -0.15) is 0 Å². The summed E-state index contributed by atoms with van der Waals surface area (Å²) in [6.45, 7) is 0. The minimum Gasteiger partial charge on any atom is -0.0619 e. The zero-order valence-electron chi connectivity index (χ0n) is 22.1. The van der Waals surface area contributed by atoms with Crippen molar-refractivity contribution in [3.8, 4) is 44.5 Å². The van der Waals surface area contributed by atoms with Gasteiger partial charge in [-0.3, -0.25) is 0 Å². The van der Waals surface area contributed by atoms with E-state index >= 15 is 0 Å². The summed E-state index contributed by atoms with van der Waals surface area (Å²) in [4.78, 5) is 0. The molecule has 9 rings (SSSR count). The Labute approximate surface area is 234 Å². The van der Waals surface area contributed by atoms with Crippen molar-refractivity contribution in [2.75, 3.05) is 0 Å². The Morgan fingerprint density at radius 2 is 0.650 bits per heavy atom. The monoisotopic (exact) mass is 506 g/mol. The van der Waals surface area contributed by atoms with Crippen molar-refractivity contribution in [2.24, 2.45) is 0 Å². The lowest BCUT2D eigenvalue weighted by atomic mass is 9.85. The SMILES string of the molecule is c1ccc2c(c1)Cc1cc(-c3c4ccccc4c(-c4ccc5c(c4)Cc4ccccc4-5)c4ccccc34)ccc1-2. The van der Waals surface area contributed by atoms with Crippen LogP contribution < -0.4 is 0 Å². The second-order valence-electron chi connectivity index (χ2n) is 11.3. The van der Waals surface area contributed by atoms with Crippen molar-refractivity contribution in [3.63, 3.8) is 0 Å². The first kappa shape index (κ1) is 21.9. The Bertz CT molecular complexity index is 1950. The van der Waals surface area contributed by atoms with Gasteiger partial charge in [0.15, 0.2) is 0 Å². The summed E-state index contributed by atoms with van der Waals surface area (Å²) >= 11 is 0. The average molecular weight is 507 g/mol. The topological polar surface area (TPSA) is 0 Å². The number of benzene rings is 7. The highest BCUT2D eigenvalue weighted by atomic mass is 14.3. The summed E-state index contributed by atoms with van der Waals surface area (Å²) in [6, 6.07) is 49.9. The Balaban J connectivity index is 1.28. The number of fused-ring (bicyclic) bond motifs is 8. The Morgan fingerprint density at radius 3 is 1.07 bits per heavy atom. The van der Waals surface area contributed by atoms with Crippen LogP contribution in [0.1, 0.15) is 22.3 Å².